The number of rotatable bonds is 6. The standard InChI is InChI=1S/C18H22BrN3O3S.2BrH/c1-2-26-17-7-12-14(8-13(17)19)21-10-22(18(12)25)9-11(23)6-15-16(24)4-3-5-20-15;;/h7-8,10,15-16,20,24H,2-6,9H2,1H3;2*1H. The first-order valence-electron chi connectivity index (χ1n) is 8.74. The molecule has 2 unspecified atom stereocenters. The predicted octanol–water partition coefficient (Wildman–Crippen LogP) is 3.50. The van der Waals surface area contributed by atoms with Crippen molar-refractivity contribution in [1.29, 1.82) is 0 Å². The number of nitrogens with zero attached hydrogens (tertiary/aromatic N) is 2. The molecule has 2 aromatic rings. The van der Waals surface area contributed by atoms with Crippen molar-refractivity contribution in [3.8, 4) is 0 Å². The Kier molecular flexibility index (Phi) is 10.9. The number of nitrogens with one attached hydrogen (secondary N) is 1. The van der Waals surface area contributed by atoms with Gasteiger partial charge in [-0.1, -0.05) is 6.92 Å². The van der Waals surface area contributed by atoms with Gasteiger partial charge in [0.15, 0.2) is 5.78 Å². The number of aliphatic hydroxyl groups is 1. The number of fused-ring (bicyclic) bond motifs is 1. The Morgan fingerprint density at radius 1 is 1.43 bits per heavy atom. The lowest BCUT2D eigenvalue weighted by atomic mass is 9.97. The van der Waals surface area contributed by atoms with Crippen LogP contribution in [0.5, 0.6) is 0 Å². The number of benzene rings is 1. The van der Waals surface area contributed by atoms with Gasteiger partial charge in [0.25, 0.3) is 5.56 Å². The zero-order valence-electron chi connectivity index (χ0n) is 15.4. The van der Waals surface area contributed by atoms with Crippen LogP contribution in [-0.4, -0.2) is 44.9 Å². The number of halogens is 3. The van der Waals surface area contributed by atoms with Crippen LogP contribution in [0.15, 0.2) is 32.6 Å². The van der Waals surface area contributed by atoms with Gasteiger partial charge in [-0.05, 0) is 53.2 Å². The Labute approximate surface area is 197 Å². The molecule has 1 aliphatic heterocycles. The number of aliphatic hydroxyl groups excluding tert-OH is 1. The average Bonchev–Trinajstić information content (AvgIpc) is 2.61. The summed E-state index contributed by atoms with van der Waals surface area (Å²) in [6, 6.07) is 3.43. The van der Waals surface area contributed by atoms with Gasteiger partial charge in [0.2, 0.25) is 0 Å². The topological polar surface area (TPSA) is 84.2 Å². The maximum Gasteiger partial charge on any atom is 0.261 e. The summed E-state index contributed by atoms with van der Waals surface area (Å²) in [6.07, 6.45) is 2.74. The molecule has 1 aromatic heterocycles. The van der Waals surface area contributed by atoms with E-state index in [1.807, 2.05) is 12.1 Å². The molecule has 3 rings (SSSR count). The van der Waals surface area contributed by atoms with E-state index >= 15 is 0 Å². The number of ketones is 1. The number of carbonyl (C=O) groups is 1. The fraction of sp³-hybridized carbons (Fsp3) is 0.500. The molecule has 156 valence electrons. The van der Waals surface area contributed by atoms with Crippen LogP contribution >= 0.6 is 61.7 Å². The molecule has 10 heteroatoms. The quantitative estimate of drug-likeness (QED) is 0.493. The van der Waals surface area contributed by atoms with Gasteiger partial charge in [-0.2, -0.15) is 0 Å². The van der Waals surface area contributed by atoms with Crippen molar-refractivity contribution >= 4 is 78.3 Å². The van der Waals surface area contributed by atoms with Crippen molar-refractivity contribution in [3.63, 3.8) is 0 Å². The minimum Gasteiger partial charge on any atom is -0.391 e. The first-order valence-corrected chi connectivity index (χ1v) is 10.5. The lowest BCUT2D eigenvalue weighted by molar-refractivity contribution is -0.121. The monoisotopic (exact) mass is 599 g/mol. The zero-order chi connectivity index (χ0) is 18.7. The Morgan fingerprint density at radius 2 is 2.18 bits per heavy atom. The maximum absolute atomic E-state index is 12.8. The molecule has 2 N–H and O–H groups in total. The van der Waals surface area contributed by atoms with Crippen molar-refractivity contribution in [3.05, 3.63) is 33.3 Å². The van der Waals surface area contributed by atoms with Crippen LogP contribution in [-0.2, 0) is 11.3 Å². The van der Waals surface area contributed by atoms with Crippen LogP contribution in [0.4, 0.5) is 0 Å². The van der Waals surface area contributed by atoms with Gasteiger partial charge in [-0.25, -0.2) is 4.98 Å². The fourth-order valence-electron chi connectivity index (χ4n) is 3.18. The molecule has 0 bridgehead atoms. The molecular formula is C18H24Br3N3O3S. The summed E-state index contributed by atoms with van der Waals surface area (Å²) < 4.78 is 2.27. The molecule has 2 heterocycles. The number of thioether (sulfide) groups is 1. The molecule has 0 aliphatic carbocycles. The molecule has 0 saturated carbocycles. The third-order valence-corrected chi connectivity index (χ3v) is 6.38. The summed E-state index contributed by atoms with van der Waals surface area (Å²) in [5.74, 6) is 0.806. The van der Waals surface area contributed by atoms with E-state index in [0.717, 1.165) is 28.1 Å². The minimum absolute atomic E-state index is 0. The smallest absolute Gasteiger partial charge is 0.261 e. The molecule has 1 saturated heterocycles. The first kappa shape index (κ1) is 25.8. The summed E-state index contributed by atoms with van der Waals surface area (Å²) in [7, 11) is 0. The molecule has 1 fully saturated rings. The molecule has 0 amide bonds. The van der Waals surface area contributed by atoms with Gasteiger partial charge in [0.1, 0.15) is 0 Å². The van der Waals surface area contributed by atoms with E-state index in [-0.39, 0.29) is 64.3 Å². The third-order valence-electron chi connectivity index (χ3n) is 4.52. The molecule has 6 nitrogen and oxygen atoms in total. The van der Waals surface area contributed by atoms with Crippen molar-refractivity contribution in [1.82, 2.24) is 14.9 Å². The number of Topliss-reactive ketones (excluding diaryl/α,β-unsaturated/α-hetero) is 1. The lowest BCUT2D eigenvalue weighted by Gasteiger charge is -2.28. The molecule has 0 spiro atoms. The average molecular weight is 602 g/mol. The van der Waals surface area contributed by atoms with Crippen LogP contribution in [0.3, 0.4) is 0 Å². The second-order valence-corrected chi connectivity index (χ2v) is 8.58. The number of hydrogen-bond acceptors (Lipinski definition) is 6. The van der Waals surface area contributed by atoms with Crippen molar-refractivity contribution in [2.75, 3.05) is 12.3 Å². The number of hydrogen-bond donors (Lipinski definition) is 2. The van der Waals surface area contributed by atoms with E-state index in [2.05, 4.69) is 33.2 Å². The van der Waals surface area contributed by atoms with E-state index < -0.39 is 6.10 Å². The summed E-state index contributed by atoms with van der Waals surface area (Å²) in [5.41, 5.74) is 0.390. The molecule has 1 aromatic carbocycles. The summed E-state index contributed by atoms with van der Waals surface area (Å²) in [6.45, 7) is 2.83. The summed E-state index contributed by atoms with van der Waals surface area (Å²) in [5, 5.41) is 13.7. The highest BCUT2D eigenvalue weighted by Crippen LogP contribution is 2.30. The fourth-order valence-corrected chi connectivity index (χ4v) is 4.57. The normalized spacial score (nSPS) is 19.0. The van der Waals surface area contributed by atoms with Gasteiger partial charge in [-0.3, -0.25) is 14.2 Å². The van der Waals surface area contributed by atoms with Crippen LogP contribution in [0.2, 0.25) is 0 Å². The van der Waals surface area contributed by atoms with Gasteiger partial charge in [-0.15, -0.1) is 45.7 Å². The van der Waals surface area contributed by atoms with Crippen molar-refractivity contribution in [2.24, 2.45) is 0 Å². The molecule has 28 heavy (non-hydrogen) atoms. The van der Waals surface area contributed by atoms with Crippen LogP contribution < -0.4 is 10.9 Å². The largest absolute Gasteiger partial charge is 0.391 e. The van der Waals surface area contributed by atoms with Gasteiger partial charge in [0, 0.05) is 21.8 Å². The van der Waals surface area contributed by atoms with Gasteiger partial charge < -0.3 is 10.4 Å². The molecular weight excluding hydrogens is 578 g/mol. The minimum atomic E-state index is -0.509. The molecule has 2 atom stereocenters. The maximum atomic E-state index is 12.8. The van der Waals surface area contributed by atoms with Gasteiger partial charge >= 0.3 is 0 Å². The number of aromatic nitrogens is 2. The highest BCUT2D eigenvalue weighted by atomic mass is 79.9. The third kappa shape index (κ3) is 6.12. The first-order chi connectivity index (χ1) is 12.5. The second-order valence-electron chi connectivity index (χ2n) is 6.42. The SMILES string of the molecule is Br.Br.CCSc1cc2c(=O)n(CC(=O)CC3NCCCC3O)cnc2cc1Br. The summed E-state index contributed by atoms with van der Waals surface area (Å²) >= 11 is 5.15. The lowest BCUT2D eigenvalue weighted by Crippen LogP contribution is -2.46. The van der Waals surface area contributed by atoms with E-state index in [0.29, 0.717) is 17.3 Å². The highest BCUT2D eigenvalue weighted by molar-refractivity contribution is 9.10. The van der Waals surface area contributed by atoms with E-state index in [9.17, 15) is 14.7 Å². The molecule has 0 radical (unpaired) electrons. The molecule has 1 aliphatic rings. The Morgan fingerprint density at radius 3 is 2.86 bits per heavy atom. The highest BCUT2D eigenvalue weighted by Gasteiger charge is 2.25. The number of carbonyl (C=O) groups excluding carboxylic acids is 1. The van der Waals surface area contributed by atoms with E-state index in [1.165, 1.54) is 10.9 Å². The van der Waals surface area contributed by atoms with Crippen LogP contribution in [0, 0.1) is 0 Å². The number of piperidine rings is 1. The van der Waals surface area contributed by atoms with Crippen LogP contribution in [0.1, 0.15) is 26.2 Å². The van der Waals surface area contributed by atoms with E-state index in [1.54, 1.807) is 11.8 Å². The van der Waals surface area contributed by atoms with Crippen molar-refractivity contribution in [2.45, 2.75) is 49.8 Å². The Balaban J connectivity index is 0.00000196. The van der Waals surface area contributed by atoms with E-state index in [4.69, 9.17) is 0 Å². The Bertz CT molecular complexity index is 878. The van der Waals surface area contributed by atoms with Gasteiger partial charge in [0.05, 0.1) is 29.9 Å². The predicted molar refractivity (Wildman–Crippen MR) is 127 cm³/mol. The summed E-state index contributed by atoms with van der Waals surface area (Å²) in [4.78, 5) is 30.5. The Hall–Kier alpha value is -0.260. The van der Waals surface area contributed by atoms with Crippen molar-refractivity contribution < 1.29 is 9.90 Å². The second kappa shape index (κ2) is 11.8. The zero-order valence-corrected chi connectivity index (χ0v) is 21.2. The van der Waals surface area contributed by atoms with Crippen LogP contribution in [0.25, 0.3) is 10.9 Å².